The molecule has 0 atom stereocenters. The van der Waals surface area contributed by atoms with E-state index in [0.29, 0.717) is 12.2 Å². The Labute approximate surface area is 97.1 Å². The van der Waals surface area contributed by atoms with Gasteiger partial charge in [0.1, 0.15) is 0 Å². The molecular weight excluding hydrogens is 256 g/mol. The molecule has 1 aromatic rings. The first-order chi connectivity index (χ1) is 7.22. The van der Waals surface area contributed by atoms with Crippen molar-refractivity contribution in [2.24, 2.45) is 0 Å². The van der Waals surface area contributed by atoms with E-state index in [1.165, 1.54) is 5.56 Å². The van der Waals surface area contributed by atoms with E-state index in [0.717, 1.165) is 16.5 Å². The molecule has 78 valence electrons. The molecule has 3 heteroatoms. The molecule has 1 aromatic carbocycles. The number of allylic oxidation sites excluding steroid dienone is 1. The highest BCUT2D eigenvalue weighted by Gasteiger charge is 2.14. The standard InChI is InChI=1S/C12H11BrO2/c1-2-15-12(14)9-6-8-4-3-5-10(8)11(13)7-9/h3-4,6-7H,2,5H2,1H3. The summed E-state index contributed by atoms with van der Waals surface area (Å²) < 4.78 is 5.94. The van der Waals surface area contributed by atoms with Gasteiger partial charge in [-0.1, -0.05) is 28.1 Å². The van der Waals surface area contributed by atoms with Crippen molar-refractivity contribution < 1.29 is 9.53 Å². The van der Waals surface area contributed by atoms with Gasteiger partial charge in [0.2, 0.25) is 0 Å². The highest BCUT2D eigenvalue weighted by molar-refractivity contribution is 9.10. The van der Waals surface area contributed by atoms with Gasteiger partial charge < -0.3 is 4.74 Å². The summed E-state index contributed by atoms with van der Waals surface area (Å²) in [5.41, 5.74) is 2.95. The Kier molecular flexibility index (Phi) is 2.91. The van der Waals surface area contributed by atoms with Gasteiger partial charge in [-0.2, -0.15) is 0 Å². The van der Waals surface area contributed by atoms with Crippen molar-refractivity contribution >= 4 is 28.0 Å². The second-order valence-corrected chi connectivity index (χ2v) is 4.21. The third-order valence-corrected chi connectivity index (χ3v) is 3.07. The third kappa shape index (κ3) is 1.97. The first-order valence-electron chi connectivity index (χ1n) is 4.88. The summed E-state index contributed by atoms with van der Waals surface area (Å²) in [6, 6.07) is 3.70. The summed E-state index contributed by atoms with van der Waals surface area (Å²) in [5, 5.41) is 0. The van der Waals surface area contributed by atoms with Crippen LogP contribution in [0.4, 0.5) is 0 Å². The summed E-state index contributed by atoms with van der Waals surface area (Å²) in [5.74, 6) is -0.263. The maximum Gasteiger partial charge on any atom is 0.338 e. The van der Waals surface area contributed by atoms with Gasteiger partial charge in [0.25, 0.3) is 0 Å². The highest BCUT2D eigenvalue weighted by atomic mass is 79.9. The summed E-state index contributed by atoms with van der Waals surface area (Å²) in [6.07, 6.45) is 5.05. The van der Waals surface area contributed by atoms with E-state index in [-0.39, 0.29) is 5.97 Å². The molecule has 0 heterocycles. The number of hydrogen-bond donors (Lipinski definition) is 0. The molecule has 1 aliphatic rings. The van der Waals surface area contributed by atoms with E-state index in [9.17, 15) is 4.79 Å². The lowest BCUT2D eigenvalue weighted by Gasteiger charge is -2.06. The minimum atomic E-state index is -0.263. The summed E-state index contributed by atoms with van der Waals surface area (Å²) in [7, 11) is 0. The van der Waals surface area contributed by atoms with E-state index >= 15 is 0 Å². The zero-order valence-corrected chi connectivity index (χ0v) is 10.0. The number of benzene rings is 1. The number of fused-ring (bicyclic) bond motifs is 1. The van der Waals surface area contributed by atoms with E-state index in [1.807, 2.05) is 18.2 Å². The number of rotatable bonds is 2. The number of ether oxygens (including phenoxy) is 1. The molecule has 0 spiro atoms. The second kappa shape index (κ2) is 4.19. The van der Waals surface area contributed by atoms with Crippen LogP contribution in [0.3, 0.4) is 0 Å². The van der Waals surface area contributed by atoms with Crippen LogP contribution in [-0.2, 0) is 11.2 Å². The normalized spacial score (nSPS) is 12.7. The van der Waals surface area contributed by atoms with Crippen molar-refractivity contribution in [2.75, 3.05) is 6.61 Å². The number of carbonyl (C=O) groups excluding carboxylic acids is 1. The molecule has 0 radical (unpaired) electrons. The maximum absolute atomic E-state index is 11.5. The van der Waals surface area contributed by atoms with Gasteiger partial charge in [-0.05, 0) is 36.6 Å². The van der Waals surface area contributed by atoms with Crippen LogP contribution in [0.25, 0.3) is 6.08 Å². The van der Waals surface area contributed by atoms with E-state index < -0.39 is 0 Å². The van der Waals surface area contributed by atoms with Gasteiger partial charge in [0, 0.05) is 4.47 Å². The van der Waals surface area contributed by atoms with E-state index in [1.54, 1.807) is 6.92 Å². The number of halogens is 1. The van der Waals surface area contributed by atoms with Crippen molar-refractivity contribution in [3.8, 4) is 0 Å². The molecule has 2 rings (SSSR count). The number of esters is 1. The van der Waals surface area contributed by atoms with Crippen LogP contribution in [0.15, 0.2) is 22.7 Å². The van der Waals surface area contributed by atoms with Crippen LogP contribution in [0.2, 0.25) is 0 Å². The van der Waals surface area contributed by atoms with Crippen LogP contribution in [0.5, 0.6) is 0 Å². The fourth-order valence-electron chi connectivity index (χ4n) is 1.66. The molecule has 0 aliphatic heterocycles. The van der Waals surface area contributed by atoms with E-state index in [4.69, 9.17) is 4.74 Å². The molecule has 0 saturated carbocycles. The van der Waals surface area contributed by atoms with Crippen LogP contribution in [0, 0.1) is 0 Å². The fourth-order valence-corrected chi connectivity index (χ4v) is 2.30. The predicted octanol–water partition coefficient (Wildman–Crippen LogP) is 3.20. The fraction of sp³-hybridized carbons (Fsp3) is 0.250. The van der Waals surface area contributed by atoms with Gasteiger partial charge in [0.05, 0.1) is 12.2 Å². The summed E-state index contributed by atoms with van der Waals surface area (Å²) >= 11 is 3.47. The topological polar surface area (TPSA) is 26.3 Å². The van der Waals surface area contributed by atoms with Crippen LogP contribution in [-0.4, -0.2) is 12.6 Å². The van der Waals surface area contributed by atoms with Crippen molar-refractivity contribution in [3.05, 3.63) is 39.4 Å². The summed E-state index contributed by atoms with van der Waals surface area (Å²) in [4.78, 5) is 11.5. The lowest BCUT2D eigenvalue weighted by molar-refractivity contribution is 0.0526. The van der Waals surface area contributed by atoms with Gasteiger partial charge in [-0.3, -0.25) is 0 Å². The Morgan fingerprint density at radius 3 is 3.07 bits per heavy atom. The monoisotopic (exact) mass is 266 g/mol. The lowest BCUT2D eigenvalue weighted by atomic mass is 10.1. The van der Waals surface area contributed by atoms with Crippen molar-refractivity contribution in [1.82, 2.24) is 0 Å². The predicted molar refractivity (Wildman–Crippen MR) is 62.8 cm³/mol. The molecule has 15 heavy (non-hydrogen) atoms. The Morgan fingerprint density at radius 1 is 1.53 bits per heavy atom. The Bertz CT molecular complexity index is 435. The molecule has 0 N–H and O–H groups in total. The highest BCUT2D eigenvalue weighted by Crippen LogP contribution is 2.29. The summed E-state index contributed by atoms with van der Waals surface area (Å²) in [6.45, 7) is 2.21. The maximum atomic E-state index is 11.5. The molecule has 0 fully saturated rings. The average molecular weight is 267 g/mol. The molecule has 2 nitrogen and oxygen atoms in total. The first-order valence-corrected chi connectivity index (χ1v) is 5.67. The molecule has 0 unspecified atom stereocenters. The van der Waals surface area contributed by atoms with Gasteiger partial charge in [0.15, 0.2) is 0 Å². The van der Waals surface area contributed by atoms with Gasteiger partial charge >= 0.3 is 5.97 Å². The number of hydrogen-bond acceptors (Lipinski definition) is 2. The SMILES string of the molecule is CCOC(=O)c1cc(Br)c2c(c1)C=CC2. The lowest BCUT2D eigenvalue weighted by Crippen LogP contribution is -2.05. The van der Waals surface area contributed by atoms with Crippen LogP contribution >= 0.6 is 15.9 Å². The Hall–Kier alpha value is -1.09. The van der Waals surface area contributed by atoms with E-state index in [2.05, 4.69) is 22.0 Å². The zero-order chi connectivity index (χ0) is 10.8. The average Bonchev–Trinajstić information content (AvgIpc) is 2.66. The van der Waals surface area contributed by atoms with Gasteiger partial charge in [-0.25, -0.2) is 4.79 Å². The zero-order valence-electron chi connectivity index (χ0n) is 8.42. The minimum absolute atomic E-state index is 0.263. The molecule has 0 bridgehead atoms. The van der Waals surface area contributed by atoms with Crippen LogP contribution < -0.4 is 0 Å². The van der Waals surface area contributed by atoms with Crippen molar-refractivity contribution in [1.29, 1.82) is 0 Å². The smallest absolute Gasteiger partial charge is 0.338 e. The van der Waals surface area contributed by atoms with Crippen LogP contribution in [0.1, 0.15) is 28.4 Å². The third-order valence-electron chi connectivity index (χ3n) is 2.36. The molecule has 0 saturated heterocycles. The Morgan fingerprint density at radius 2 is 2.33 bits per heavy atom. The van der Waals surface area contributed by atoms with Gasteiger partial charge in [-0.15, -0.1) is 0 Å². The second-order valence-electron chi connectivity index (χ2n) is 3.35. The van der Waals surface area contributed by atoms with Crippen molar-refractivity contribution in [2.45, 2.75) is 13.3 Å². The molecule has 0 amide bonds. The first kappa shape index (κ1) is 10.4. The molecular formula is C12H11BrO2. The Balaban J connectivity index is 2.38. The number of carbonyl (C=O) groups is 1. The largest absolute Gasteiger partial charge is 0.462 e. The minimum Gasteiger partial charge on any atom is -0.462 e. The molecule has 1 aliphatic carbocycles. The van der Waals surface area contributed by atoms with Crippen molar-refractivity contribution in [3.63, 3.8) is 0 Å². The quantitative estimate of drug-likeness (QED) is 0.769. The molecule has 0 aromatic heterocycles.